The molecule has 17 heavy (non-hydrogen) atoms. The van der Waals surface area contributed by atoms with Gasteiger partial charge in [-0.1, -0.05) is 13.8 Å². The van der Waals surface area contributed by atoms with E-state index >= 15 is 0 Å². The van der Waals surface area contributed by atoms with E-state index in [2.05, 4.69) is 5.32 Å². The fourth-order valence-electron chi connectivity index (χ4n) is 1.95. The van der Waals surface area contributed by atoms with Gasteiger partial charge in [-0.3, -0.25) is 13.8 Å². The van der Waals surface area contributed by atoms with Gasteiger partial charge in [0.25, 0.3) is 0 Å². The molecule has 0 aliphatic carbocycles. The van der Waals surface area contributed by atoms with E-state index < -0.39 is 16.8 Å². The van der Waals surface area contributed by atoms with E-state index in [1.165, 1.54) is 4.90 Å². The van der Waals surface area contributed by atoms with E-state index in [0.717, 1.165) is 0 Å². The maximum Gasteiger partial charge on any atom is 0.246 e. The molecule has 1 N–H and O–H groups in total. The van der Waals surface area contributed by atoms with Crippen molar-refractivity contribution in [1.82, 2.24) is 10.2 Å². The summed E-state index contributed by atoms with van der Waals surface area (Å²) in [6.45, 7) is 5.69. The highest BCUT2D eigenvalue weighted by Crippen LogP contribution is 2.13. The Morgan fingerprint density at radius 3 is 2.47 bits per heavy atom. The smallest absolute Gasteiger partial charge is 0.246 e. The van der Waals surface area contributed by atoms with Crippen LogP contribution in [0.3, 0.4) is 0 Å². The van der Waals surface area contributed by atoms with Gasteiger partial charge >= 0.3 is 0 Å². The number of nitrogens with zero attached hydrogens (tertiary/aromatic N) is 1. The Hall–Kier alpha value is -0.910. The predicted octanol–water partition coefficient (Wildman–Crippen LogP) is -0.264. The van der Waals surface area contributed by atoms with Gasteiger partial charge in [0.15, 0.2) is 0 Å². The van der Waals surface area contributed by atoms with Gasteiger partial charge in [-0.25, -0.2) is 0 Å². The molecule has 1 heterocycles. The number of hydrogen-bond acceptors (Lipinski definition) is 3. The van der Waals surface area contributed by atoms with E-state index in [9.17, 15) is 13.8 Å². The van der Waals surface area contributed by atoms with Crippen LogP contribution in [-0.2, 0) is 20.4 Å². The van der Waals surface area contributed by atoms with Crippen molar-refractivity contribution in [3.05, 3.63) is 0 Å². The van der Waals surface area contributed by atoms with Gasteiger partial charge < -0.3 is 10.2 Å². The average Bonchev–Trinajstić information content (AvgIpc) is 2.19. The topological polar surface area (TPSA) is 66.5 Å². The molecule has 0 aromatic heterocycles. The SMILES string of the molecule is CC(C)C1NC(=O)CN(C(C)CS(C)=O)C1=O. The van der Waals surface area contributed by atoms with Crippen LogP contribution in [0.2, 0.25) is 0 Å². The normalized spacial score (nSPS) is 24.8. The van der Waals surface area contributed by atoms with Crippen molar-refractivity contribution in [2.24, 2.45) is 5.92 Å². The third kappa shape index (κ3) is 3.52. The van der Waals surface area contributed by atoms with E-state index in [4.69, 9.17) is 0 Å². The zero-order valence-corrected chi connectivity index (χ0v) is 11.5. The van der Waals surface area contributed by atoms with Gasteiger partial charge in [0.2, 0.25) is 11.8 Å². The molecule has 0 aromatic carbocycles. The van der Waals surface area contributed by atoms with Crippen LogP contribution in [0.5, 0.6) is 0 Å². The molecule has 2 amide bonds. The van der Waals surface area contributed by atoms with Crippen LogP contribution >= 0.6 is 0 Å². The number of piperazine rings is 1. The number of carbonyl (C=O) groups is 2. The lowest BCUT2D eigenvalue weighted by Gasteiger charge is -2.37. The Morgan fingerprint density at radius 2 is 2.00 bits per heavy atom. The molecule has 1 aliphatic heterocycles. The maximum atomic E-state index is 12.1. The van der Waals surface area contributed by atoms with Crippen LogP contribution in [0.1, 0.15) is 20.8 Å². The number of nitrogens with one attached hydrogen (secondary N) is 1. The van der Waals surface area contributed by atoms with Crippen LogP contribution in [0.4, 0.5) is 0 Å². The molecule has 6 heteroatoms. The van der Waals surface area contributed by atoms with Crippen LogP contribution < -0.4 is 5.32 Å². The second-order valence-corrected chi connectivity index (χ2v) is 6.32. The van der Waals surface area contributed by atoms with E-state index in [-0.39, 0.29) is 30.3 Å². The molecule has 3 unspecified atom stereocenters. The lowest BCUT2D eigenvalue weighted by Crippen LogP contribution is -2.62. The fraction of sp³-hybridized carbons (Fsp3) is 0.818. The maximum absolute atomic E-state index is 12.1. The summed E-state index contributed by atoms with van der Waals surface area (Å²) in [7, 11) is -0.971. The van der Waals surface area contributed by atoms with Crippen LogP contribution in [-0.4, -0.2) is 51.6 Å². The molecular formula is C11H20N2O3S. The van der Waals surface area contributed by atoms with Crippen molar-refractivity contribution < 1.29 is 13.8 Å². The number of hydrogen-bond donors (Lipinski definition) is 1. The van der Waals surface area contributed by atoms with Gasteiger partial charge in [-0.15, -0.1) is 0 Å². The zero-order chi connectivity index (χ0) is 13.2. The highest BCUT2D eigenvalue weighted by atomic mass is 32.2. The standard InChI is InChI=1S/C11H20N2O3S/c1-7(2)10-11(15)13(5-9(14)12-10)8(3)6-17(4)16/h7-8,10H,5-6H2,1-4H3,(H,12,14). The van der Waals surface area contributed by atoms with Gasteiger partial charge in [-0.2, -0.15) is 0 Å². The number of rotatable bonds is 4. The minimum atomic E-state index is -0.971. The first-order valence-corrected chi connectivity index (χ1v) is 7.45. The summed E-state index contributed by atoms with van der Waals surface area (Å²) < 4.78 is 11.2. The van der Waals surface area contributed by atoms with Crippen molar-refractivity contribution >= 4 is 22.6 Å². The summed E-state index contributed by atoms with van der Waals surface area (Å²) in [6, 6.07) is -0.621. The summed E-state index contributed by atoms with van der Waals surface area (Å²) in [5, 5.41) is 2.70. The number of carbonyl (C=O) groups excluding carboxylic acids is 2. The predicted molar refractivity (Wildman–Crippen MR) is 66.9 cm³/mol. The van der Waals surface area contributed by atoms with Crippen LogP contribution in [0.25, 0.3) is 0 Å². The molecule has 1 aliphatic rings. The molecule has 0 radical (unpaired) electrons. The number of amides is 2. The van der Waals surface area contributed by atoms with Crippen LogP contribution in [0.15, 0.2) is 0 Å². The lowest BCUT2D eigenvalue weighted by atomic mass is 10.00. The zero-order valence-electron chi connectivity index (χ0n) is 10.7. The van der Waals surface area contributed by atoms with Gasteiger partial charge in [-0.05, 0) is 12.8 Å². The summed E-state index contributed by atoms with van der Waals surface area (Å²) in [6.07, 6.45) is 1.60. The minimum absolute atomic E-state index is 0.0635. The summed E-state index contributed by atoms with van der Waals surface area (Å²) in [4.78, 5) is 25.2. The van der Waals surface area contributed by atoms with E-state index in [0.29, 0.717) is 5.75 Å². The second kappa shape index (κ2) is 5.62. The largest absolute Gasteiger partial charge is 0.343 e. The molecule has 5 nitrogen and oxygen atoms in total. The Labute approximate surface area is 104 Å². The first kappa shape index (κ1) is 14.2. The third-order valence-corrected chi connectivity index (χ3v) is 3.81. The van der Waals surface area contributed by atoms with Gasteiger partial charge in [0.05, 0.1) is 6.54 Å². The monoisotopic (exact) mass is 260 g/mol. The molecule has 1 rings (SSSR count). The summed E-state index contributed by atoms with van der Waals surface area (Å²) >= 11 is 0. The molecular weight excluding hydrogens is 240 g/mol. The first-order valence-electron chi connectivity index (χ1n) is 5.72. The van der Waals surface area contributed by atoms with Crippen molar-refractivity contribution in [3.63, 3.8) is 0 Å². The van der Waals surface area contributed by atoms with Crippen molar-refractivity contribution in [1.29, 1.82) is 0 Å². The highest BCUT2D eigenvalue weighted by Gasteiger charge is 2.36. The molecule has 1 saturated heterocycles. The van der Waals surface area contributed by atoms with Gasteiger partial charge in [0.1, 0.15) is 6.04 Å². The van der Waals surface area contributed by atoms with Crippen molar-refractivity contribution in [2.75, 3.05) is 18.6 Å². The van der Waals surface area contributed by atoms with Crippen LogP contribution in [0, 0.1) is 5.92 Å². The Bertz CT molecular complexity index is 344. The molecule has 1 fully saturated rings. The summed E-state index contributed by atoms with van der Waals surface area (Å²) in [5.41, 5.74) is 0. The molecule has 3 atom stereocenters. The molecule has 0 aromatic rings. The second-order valence-electron chi connectivity index (χ2n) is 4.84. The lowest BCUT2D eigenvalue weighted by molar-refractivity contribution is -0.147. The van der Waals surface area contributed by atoms with Crippen molar-refractivity contribution in [2.45, 2.75) is 32.9 Å². The molecule has 0 saturated carbocycles. The van der Waals surface area contributed by atoms with E-state index in [1.807, 2.05) is 20.8 Å². The molecule has 98 valence electrons. The quantitative estimate of drug-likeness (QED) is 0.757. The third-order valence-electron chi connectivity index (χ3n) is 2.85. The Kier molecular flexibility index (Phi) is 4.68. The average molecular weight is 260 g/mol. The van der Waals surface area contributed by atoms with Gasteiger partial charge in [0, 0.05) is 28.9 Å². The summed E-state index contributed by atoms with van der Waals surface area (Å²) in [5.74, 6) is 0.257. The molecule has 0 bridgehead atoms. The fourth-order valence-corrected chi connectivity index (χ4v) is 2.81. The Morgan fingerprint density at radius 1 is 1.41 bits per heavy atom. The minimum Gasteiger partial charge on any atom is -0.343 e. The van der Waals surface area contributed by atoms with E-state index in [1.54, 1.807) is 6.26 Å². The van der Waals surface area contributed by atoms with Crippen molar-refractivity contribution in [3.8, 4) is 0 Å². The first-order chi connectivity index (χ1) is 7.82. The molecule has 0 spiro atoms. The Balaban J connectivity index is 2.80. The highest BCUT2D eigenvalue weighted by molar-refractivity contribution is 7.84.